The summed E-state index contributed by atoms with van der Waals surface area (Å²) in [5.41, 5.74) is 3.97. The van der Waals surface area contributed by atoms with Gasteiger partial charge in [0.1, 0.15) is 5.01 Å². The number of pyridine rings is 1. The molecule has 110 valence electrons. The Balaban J connectivity index is 1.76. The Morgan fingerprint density at radius 3 is 2.65 bits per heavy atom. The third-order valence-corrected chi connectivity index (χ3v) is 4.54. The number of aromatic nitrogens is 2. The summed E-state index contributed by atoms with van der Waals surface area (Å²) in [4.78, 5) is 13.5. The Hall–Kier alpha value is -2.85. The van der Waals surface area contributed by atoms with Crippen LogP contribution in [0.25, 0.3) is 20.8 Å². The summed E-state index contributed by atoms with van der Waals surface area (Å²) in [7, 11) is 0. The Morgan fingerprint density at radius 1 is 0.913 bits per heavy atom. The first-order valence-electron chi connectivity index (χ1n) is 7.29. The highest BCUT2D eigenvalue weighted by Gasteiger charge is 2.09. The molecule has 0 aliphatic rings. The van der Waals surface area contributed by atoms with Crippen LogP contribution >= 0.6 is 11.3 Å². The number of hydrogen-bond donors (Lipinski definition) is 0. The van der Waals surface area contributed by atoms with Crippen molar-refractivity contribution in [3.63, 3.8) is 0 Å². The summed E-state index contributed by atoms with van der Waals surface area (Å²) in [5, 5.41) is 0.991. The van der Waals surface area contributed by atoms with E-state index in [0.717, 1.165) is 27.3 Å². The second-order valence-corrected chi connectivity index (χ2v) is 6.08. The van der Waals surface area contributed by atoms with Gasteiger partial charge in [0, 0.05) is 29.7 Å². The summed E-state index contributed by atoms with van der Waals surface area (Å²) in [5.74, 6) is 0. The quantitative estimate of drug-likeness (QED) is 0.493. The topological polar surface area (TPSA) is 38.1 Å². The van der Waals surface area contributed by atoms with Crippen molar-refractivity contribution in [3.8, 4) is 10.6 Å². The molecule has 0 saturated heterocycles. The fourth-order valence-corrected chi connectivity index (χ4v) is 3.35. The maximum Gasteiger partial charge on any atom is 0.126 e. The number of para-hydroxylation sites is 2. The van der Waals surface area contributed by atoms with Gasteiger partial charge >= 0.3 is 0 Å². The first-order valence-corrected chi connectivity index (χ1v) is 8.11. The van der Waals surface area contributed by atoms with Gasteiger partial charge < -0.3 is 0 Å². The zero-order valence-corrected chi connectivity index (χ0v) is 13.1. The second-order valence-electron chi connectivity index (χ2n) is 5.05. The molecule has 2 aromatic carbocycles. The summed E-state index contributed by atoms with van der Waals surface area (Å²) in [6.07, 6.45) is 5.38. The summed E-state index contributed by atoms with van der Waals surface area (Å²) < 4.78 is 1.19. The maximum atomic E-state index is 4.73. The molecule has 0 aliphatic carbocycles. The lowest BCUT2D eigenvalue weighted by molar-refractivity contribution is 1.32. The van der Waals surface area contributed by atoms with Gasteiger partial charge in [0.05, 0.1) is 15.9 Å². The normalized spacial score (nSPS) is 11.3. The minimum atomic E-state index is 0.912. The Labute approximate surface area is 138 Å². The van der Waals surface area contributed by atoms with Crippen LogP contribution in [-0.2, 0) is 0 Å². The highest BCUT2D eigenvalue weighted by molar-refractivity contribution is 7.21. The van der Waals surface area contributed by atoms with E-state index in [9.17, 15) is 0 Å². The lowest BCUT2D eigenvalue weighted by Gasteiger charge is -2.01. The molecule has 0 radical (unpaired) electrons. The zero-order valence-electron chi connectivity index (χ0n) is 12.3. The smallest absolute Gasteiger partial charge is 0.126 e. The van der Waals surface area contributed by atoms with Crippen molar-refractivity contribution < 1.29 is 0 Å². The highest BCUT2D eigenvalue weighted by Crippen LogP contribution is 2.35. The molecule has 0 amide bonds. The predicted octanol–water partition coefficient (Wildman–Crippen LogP) is 5.11. The van der Waals surface area contributed by atoms with E-state index in [4.69, 9.17) is 4.98 Å². The van der Waals surface area contributed by atoms with Gasteiger partial charge in [0.25, 0.3) is 0 Å². The molecule has 4 rings (SSSR count). The minimum absolute atomic E-state index is 0.912. The molecule has 0 fully saturated rings. The average Bonchev–Trinajstić information content (AvgIpc) is 3.05. The van der Waals surface area contributed by atoms with Crippen LogP contribution in [0.4, 0.5) is 5.69 Å². The lowest BCUT2D eigenvalue weighted by Crippen LogP contribution is -1.82. The van der Waals surface area contributed by atoms with Gasteiger partial charge in [0.15, 0.2) is 0 Å². The van der Waals surface area contributed by atoms with Gasteiger partial charge in [-0.25, -0.2) is 4.98 Å². The third kappa shape index (κ3) is 2.89. The van der Waals surface area contributed by atoms with Crippen LogP contribution in [0.5, 0.6) is 0 Å². The largest absolute Gasteiger partial charge is 0.264 e. The van der Waals surface area contributed by atoms with Crippen LogP contribution in [0.2, 0.25) is 0 Å². The van der Waals surface area contributed by atoms with E-state index in [1.807, 2.05) is 54.7 Å². The molecule has 4 heteroatoms. The van der Waals surface area contributed by atoms with E-state index in [-0.39, 0.29) is 0 Å². The Morgan fingerprint density at radius 2 is 1.78 bits per heavy atom. The van der Waals surface area contributed by atoms with E-state index in [0.29, 0.717) is 0 Å². The lowest BCUT2D eigenvalue weighted by atomic mass is 10.2. The molecule has 0 spiro atoms. The van der Waals surface area contributed by atoms with Crippen LogP contribution in [0.3, 0.4) is 0 Å². The Kier molecular flexibility index (Phi) is 3.66. The molecule has 2 aromatic heterocycles. The number of thiazole rings is 1. The molecule has 0 aliphatic heterocycles. The molecular formula is C19H13N3S. The first kappa shape index (κ1) is 13.8. The van der Waals surface area contributed by atoms with Crippen molar-refractivity contribution >= 4 is 33.5 Å². The standard InChI is InChI=1S/C19H13N3S/c1-2-8-16(21-13-14-6-5-11-20-12-14)15(7-1)19-22-17-9-3-4-10-18(17)23-19/h1-13H. The molecule has 0 N–H and O–H groups in total. The number of nitrogens with zero attached hydrogens (tertiary/aromatic N) is 3. The van der Waals surface area contributed by atoms with Gasteiger partial charge in [-0.1, -0.05) is 30.3 Å². The van der Waals surface area contributed by atoms with Crippen molar-refractivity contribution in [1.29, 1.82) is 0 Å². The van der Waals surface area contributed by atoms with Crippen LogP contribution in [0.15, 0.2) is 78.0 Å². The van der Waals surface area contributed by atoms with Gasteiger partial charge in [-0.3, -0.25) is 9.98 Å². The third-order valence-electron chi connectivity index (χ3n) is 3.47. The van der Waals surface area contributed by atoms with Crippen LogP contribution in [-0.4, -0.2) is 16.2 Å². The van der Waals surface area contributed by atoms with E-state index in [2.05, 4.69) is 22.1 Å². The van der Waals surface area contributed by atoms with Crippen LogP contribution in [0.1, 0.15) is 5.56 Å². The van der Waals surface area contributed by atoms with Crippen molar-refractivity contribution in [2.75, 3.05) is 0 Å². The molecule has 3 nitrogen and oxygen atoms in total. The maximum absolute atomic E-state index is 4.73. The van der Waals surface area contributed by atoms with Crippen molar-refractivity contribution in [1.82, 2.24) is 9.97 Å². The molecule has 0 unspecified atom stereocenters. The summed E-state index contributed by atoms with van der Waals surface area (Å²) in [6, 6.07) is 20.2. The molecule has 4 aromatic rings. The molecule has 0 atom stereocenters. The number of rotatable bonds is 3. The van der Waals surface area contributed by atoms with Crippen molar-refractivity contribution in [2.24, 2.45) is 4.99 Å². The van der Waals surface area contributed by atoms with Crippen LogP contribution in [0, 0.1) is 0 Å². The number of benzene rings is 2. The van der Waals surface area contributed by atoms with Crippen molar-refractivity contribution in [3.05, 3.63) is 78.6 Å². The van der Waals surface area contributed by atoms with Gasteiger partial charge in [-0.2, -0.15) is 0 Å². The number of fused-ring (bicyclic) bond motifs is 1. The van der Waals surface area contributed by atoms with Crippen molar-refractivity contribution in [2.45, 2.75) is 0 Å². The number of aliphatic imine (C=N–C) groups is 1. The van der Waals surface area contributed by atoms with Gasteiger partial charge in [-0.15, -0.1) is 11.3 Å². The van der Waals surface area contributed by atoms with Crippen LogP contribution < -0.4 is 0 Å². The molecular weight excluding hydrogens is 302 g/mol. The summed E-state index contributed by atoms with van der Waals surface area (Å²) in [6.45, 7) is 0. The fourth-order valence-electron chi connectivity index (χ4n) is 2.35. The molecule has 0 bridgehead atoms. The molecule has 0 saturated carbocycles. The molecule has 23 heavy (non-hydrogen) atoms. The first-order chi connectivity index (χ1) is 11.4. The Bertz CT molecular complexity index is 941. The monoisotopic (exact) mass is 315 g/mol. The van der Waals surface area contributed by atoms with E-state index >= 15 is 0 Å². The fraction of sp³-hybridized carbons (Fsp3) is 0. The minimum Gasteiger partial charge on any atom is -0.264 e. The number of hydrogen-bond acceptors (Lipinski definition) is 4. The van der Waals surface area contributed by atoms with E-state index in [1.54, 1.807) is 23.7 Å². The molecule has 2 heterocycles. The van der Waals surface area contributed by atoms with Gasteiger partial charge in [-0.05, 0) is 30.3 Å². The zero-order chi connectivity index (χ0) is 15.5. The average molecular weight is 315 g/mol. The van der Waals surface area contributed by atoms with E-state index in [1.165, 1.54) is 4.70 Å². The highest BCUT2D eigenvalue weighted by atomic mass is 32.1. The van der Waals surface area contributed by atoms with E-state index < -0.39 is 0 Å². The SMILES string of the molecule is C(=Nc1ccccc1-c1nc2ccccc2s1)c1cccnc1. The van der Waals surface area contributed by atoms with Gasteiger partial charge in [0.2, 0.25) is 0 Å². The second kappa shape index (κ2) is 6.10. The predicted molar refractivity (Wildman–Crippen MR) is 96.5 cm³/mol. The summed E-state index contributed by atoms with van der Waals surface area (Å²) >= 11 is 1.69.